The number of anilines is 1. The molecule has 5 heteroatoms. The molecule has 0 saturated heterocycles. The topological polar surface area (TPSA) is 29.3 Å². The second-order valence-electron chi connectivity index (χ2n) is 4.28. The number of hydrogen-bond acceptors (Lipinski definition) is 4. The van der Waals surface area contributed by atoms with E-state index in [-0.39, 0.29) is 0 Å². The van der Waals surface area contributed by atoms with E-state index in [1.165, 1.54) is 25.5 Å². The van der Waals surface area contributed by atoms with Gasteiger partial charge in [-0.1, -0.05) is 6.07 Å². The molecule has 1 aromatic heterocycles. The summed E-state index contributed by atoms with van der Waals surface area (Å²) in [6.45, 7) is 1.47. The van der Waals surface area contributed by atoms with Crippen molar-refractivity contribution < 1.29 is 0 Å². The molecule has 1 aromatic carbocycles. The Morgan fingerprint density at radius 1 is 1.42 bits per heavy atom. The fraction of sp³-hybridized carbons (Fsp3) is 0.286. The van der Waals surface area contributed by atoms with Crippen LogP contribution in [0.5, 0.6) is 0 Å². The number of hydrogen-bond donors (Lipinski definition) is 1. The lowest BCUT2D eigenvalue weighted by Gasteiger charge is -2.23. The van der Waals surface area contributed by atoms with Crippen LogP contribution in [-0.2, 0) is 13.1 Å². The minimum Gasteiger partial charge on any atom is -0.370 e. The van der Waals surface area contributed by atoms with E-state index in [0.717, 1.165) is 6.54 Å². The number of benzene rings is 1. The minimum atomic E-state index is 0.573. The highest BCUT2D eigenvalue weighted by Gasteiger charge is 2.11. The number of thioether (sulfide) groups is 1. The van der Waals surface area contributed by atoms with Crippen molar-refractivity contribution in [2.24, 2.45) is 5.73 Å². The third-order valence-electron chi connectivity index (χ3n) is 2.99. The maximum Gasteiger partial charge on any atom is 0.0701 e. The van der Waals surface area contributed by atoms with Crippen molar-refractivity contribution in [3.63, 3.8) is 0 Å². The molecule has 0 aliphatic carbocycles. The molecular weight excluding hydrogens is 340 g/mol. The molecule has 0 unspecified atom stereocenters. The lowest BCUT2D eigenvalue weighted by Crippen LogP contribution is -2.19. The van der Waals surface area contributed by atoms with E-state index in [1.54, 1.807) is 23.1 Å². The van der Waals surface area contributed by atoms with Gasteiger partial charge >= 0.3 is 0 Å². The molecule has 0 atom stereocenters. The van der Waals surface area contributed by atoms with Crippen LogP contribution >= 0.6 is 39.0 Å². The summed E-state index contributed by atoms with van der Waals surface area (Å²) >= 11 is 6.98. The monoisotopic (exact) mass is 356 g/mol. The van der Waals surface area contributed by atoms with E-state index in [0.29, 0.717) is 6.54 Å². The fourth-order valence-electron chi connectivity index (χ4n) is 2.10. The first kappa shape index (κ1) is 14.9. The average molecular weight is 357 g/mol. The minimum absolute atomic E-state index is 0.573. The van der Waals surface area contributed by atoms with Crippen LogP contribution in [0.4, 0.5) is 5.69 Å². The lowest BCUT2D eigenvalue weighted by molar-refractivity contribution is 0.897. The van der Waals surface area contributed by atoms with Crippen LogP contribution in [0, 0.1) is 0 Å². The summed E-state index contributed by atoms with van der Waals surface area (Å²) in [7, 11) is 2.12. The van der Waals surface area contributed by atoms with Gasteiger partial charge in [0.25, 0.3) is 0 Å². The Balaban J connectivity index is 2.25. The molecule has 19 heavy (non-hydrogen) atoms. The summed E-state index contributed by atoms with van der Waals surface area (Å²) < 4.78 is 1.17. The van der Waals surface area contributed by atoms with Gasteiger partial charge in [-0.05, 0) is 51.3 Å². The van der Waals surface area contributed by atoms with Gasteiger partial charge in [0.15, 0.2) is 0 Å². The number of halogens is 1. The zero-order valence-electron chi connectivity index (χ0n) is 11.0. The first-order valence-corrected chi connectivity index (χ1v) is 8.85. The van der Waals surface area contributed by atoms with Gasteiger partial charge in [0, 0.05) is 36.3 Å². The van der Waals surface area contributed by atoms with Crippen molar-refractivity contribution in [1.29, 1.82) is 0 Å². The smallest absolute Gasteiger partial charge is 0.0701 e. The van der Waals surface area contributed by atoms with Crippen LogP contribution in [0.2, 0.25) is 0 Å². The summed E-state index contributed by atoms with van der Waals surface area (Å²) in [4.78, 5) is 3.52. The standard InChI is InChI=1S/C14H17BrN2S2/c1-17(8-10-6-14(15)19-9-10)12-4-3-5-13(18-2)11(12)7-16/h3-6,9H,7-8,16H2,1-2H3. The Morgan fingerprint density at radius 2 is 2.21 bits per heavy atom. The molecular formula is C14H17BrN2S2. The third kappa shape index (κ3) is 3.54. The largest absolute Gasteiger partial charge is 0.370 e. The normalized spacial score (nSPS) is 10.7. The number of nitrogens with two attached hydrogens (primary N) is 1. The molecule has 0 spiro atoms. The molecule has 2 N–H and O–H groups in total. The van der Waals surface area contributed by atoms with Gasteiger partial charge in [0.2, 0.25) is 0 Å². The molecule has 0 fully saturated rings. The van der Waals surface area contributed by atoms with Crippen molar-refractivity contribution in [1.82, 2.24) is 0 Å². The predicted molar refractivity (Wildman–Crippen MR) is 90.2 cm³/mol. The molecule has 0 amide bonds. The van der Waals surface area contributed by atoms with Gasteiger partial charge in [0.1, 0.15) is 0 Å². The Morgan fingerprint density at radius 3 is 2.79 bits per heavy atom. The SMILES string of the molecule is CSc1cccc(N(C)Cc2csc(Br)c2)c1CN. The van der Waals surface area contributed by atoms with E-state index in [9.17, 15) is 0 Å². The second kappa shape index (κ2) is 6.79. The number of nitrogens with zero attached hydrogens (tertiary/aromatic N) is 1. The van der Waals surface area contributed by atoms with Crippen LogP contribution in [-0.4, -0.2) is 13.3 Å². The third-order valence-corrected chi connectivity index (χ3v) is 5.36. The Labute approximate surface area is 131 Å². The molecule has 102 valence electrons. The number of thiophene rings is 1. The van der Waals surface area contributed by atoms with Crippen molar-refractivity contribution in [3.05, 3.63) is 44.6 Å². The van der Waals surface area contributed by atoms with Gasteiger partial charge in [-0.15, -0.1) is 23.1 Å². The van der Waals surface area contributed by atoms with Crippen LogP contribution in [0.25, 0.3) is 0 Å². The van der Waals surface area contributed by atoms with Crippen molar-refractivity contribution in [3.8, 4) is 0 Å². The highest BCUT2D eigenvalue weighted by atomic mass is 79.9. The predicted octanol–water partition coefficient (Wildman–Crippen LogP) is 4.33. The first-order valence-electron chi connectivity index (χ1n) is 5.95. The maximum absolute atomic E-state index is 5.92. The van der Waals surface area contributed by atoms with E-state index in [4.69, 9.17) is 5.73 Å². The van der Waals surface area contributed by atoms with E-state index >= 15 is 0 Å². The quantitative estimate of drug-likeness (QED) is 0.808. The summed E-state index contributed by atoms with van der Waals surface area (Å²) in [5.41, 5.74) is 9.68. The van der Waals surface area contributed by atoms with E-state index in [2.05, 4.69) is 63.8 Å². The Bertz CT molecular complexity index is 554. The van der Waals surface area contributed by atoms with Crippen LogP contribution in [0.15, 0.2) is 38.3 Å². The molecule has 0 aliphatic heterocycles. The molecule has 0 saturated carbocycles. The highest BCUT2D eigenvalue weighted by molar-refractivity contribution is 9.11. The first-order chi connectivity index (χ1) is 9.15. The number of rotatable bonds is 5. The van der Waals surface area contributed by atoms with Crippen LogP contribution in [0.3, 0.4) is 0 Å². The fourth-order valence-corrected chi connectivity index (χ4v) is 3.95. The van der Waals surface area contributed by atoms with Crippen LogP contribution in [0.1, 0.15) is 11.1 Å². The molecule has 0 bridgehead atoms. The molecule has 2 nitrogen and oxygen atoms in total. The van der Waals surface area contributed by atoms with E-state index in [1.807, 2.05) is 0 Å². The summed E-state index contributed by atoms with van der Waals surface area (Å²) in [5, 5.41) is 2.18. The molecule has 0 radical (unpaired) electrons. The zero-order chi connectivity index (χ0) is 13.8. The Kier molecular flexibility index (Phi) is 5.33. The molecule has 2 rings (SSSR count). The molecule has 0 aliphatic rings. The van der Waals surface area contributed by atoms with Gasteiger partial charge in [0.05, 0.1) is 3.79 Å². The summed E-state index contributed by atoms with van der Waals surface area (Å²) in [5.74, 6) is 0. The van der Waals surface area contributed by atoms with E-state index < -0.39 is 0 Å². The zero-order valence-corrected chi connectivity index (χ0v) is 14.2. The maximum atomic E-state index is 5.92. The summed E-state index contributed by atoms with van der Waals surface area (Å²) in [6.07, 6.45) is 2.09. The summed E-state index contributed by atoms with van der Waals surface area (Å²) in [6, 6.07) is 8.54. The second-order valence-corrected chi connectivity index (χ2v) is 7.42. The van der Waals surface area contributed by atoms with Gasteiger partial charge < -0.3 is 10.6 Å². The molecule has 1 heterocycles. The van der Waals surface area contributed by atoms with Crippen molar-refractivity contribution >= 4 is 44.7 Å². The van der Waals surface area contributed by atoms with Crippen molar-refractivity contribution in [2.75, 3.05) is 18.2 Å². The van der Waals surface area contributed by atoms with Gasteiger partial charge in [-0.2, -0.15) is 0 Å². The van der Waals surface area contributed by atoms with Gasteiger partial charge in [-0.25, -0.2) is 0 Å². The Hall–Kier alpha value is -0.490. The highest BCUT2D eigenvalue weighted by Crippen LogP contribution is 2.30. The van der Waals surface area contributed by atoms with Gasteiger partial charge in [-0.3, -0.25) is 0 Å². The van der Waals surface area contributed by atoms with Crippen molar-refractivity contribution in [2.45, 2.75) is 18.0 Å². The molecule has 2 aromatic rings. The lowest BCUT2D eigenvalue weighted by atomic mass is 10.1. The average Bonchev–Trinajstić information content (AvgIpc) is 2.82. The van der Waals surface area contributed by atoms with Crippen LogP contribution < -0.4 is 10.6 Å².